The predicted molar refractivity (Wildman–Crippen MR) is 103 cm³/mol. The maximum Gasteiger partial charge on any atom is 0.261 e. The van der Waals surface area contributed by atoms with Gasteiger partial charge in [0, 0.05) is 16.3 Å². The van der Waals surface area contributed by atoms with Crippen molar-refractivity contribution in [3.63, 3.8) is 0 Å². The van der Waals surface area contributed by atoms with Crippen molar-refractivity contribution in [2.75, 3.05) is 13.1 Å². The molecule has 3 aliphatic heterocycles. The van der Waals surface area contributed by atoms with E-state index in [4.69, 9.17) is 0 Å². The highest BCUT2D eigenvalue weighted by atomic mass is 32.1. The molecule has 0 spiro atoms. The molecule has 3 nitrogen and oxygen atoms in total. The molecule has 4 fully saturated rings. The molecular weight excluding hydrogens is 328 g/mol. The first-order valence-electron chi connectivity index (χ1n) is 9.62. The second-order valence-electron chi connectivity index (χ2n) is 8.58. The average molecular weight is 355 g/mol. The Kier molecular flexibility index (Phi) is 3.52. The predicted octanol–water partition coefficient (Wildman–Crippen LogP) is 4.38. The van der Waals surface area contributed by atoms with Crippen LogP contribution >= 0.6 is 11.3 Å². The number of nitrogens with zero attached hydrogens (tertiary/aromatic N) is 1. The molecule has 25 heavy (non-hydrogen) atoms. The summed E-state index contributed by atoms with van der Waals surface area (Å²) in [6.45, 7) is 6.94. The topological polar surface area (TPSA) is 32.3 Å². The summed E-state index contributed by atoms with van der Waals surface area (Å²) in [5, 5.41) is 4.64. The van der Waals surface area contributed by atoms with Gasteiger partial charge in [-0.2, -0.15) is 0 Å². The Morgan fingerprint density at radius 3 is 2.64 bits per heavy atom. The molecule has 1 aliphatic carbocycles. The fourth-order valence-corrected chi connectivity index (χ4v) is 6.16. The normalized spacial score (nSPS) is 30.6. The van der Waals surface area contributed by atoms with Crippen molar-refractivity contribution in [1.29, 1.82) is 0 Å². The molecule has 3 saturated heterocycles. The smallest absolute Gasteiger partial charge is 0.261 e. The minimum absolute atomic E-state index is 0.0622. The fourth-order valence-electron chi connectivity index (χ4n) is 5.00. The Morgan fingerprint density at radius 1 is 1.20 bits per heavy atom. The highest BCUT2D eigenvalue weighted by Crippen LogP contribution is 2.45. The monoisotopic (exact) mass is 354 g/mol. The van der Waals surface area contributed by atoms with Crippen LogP contribution in [-0.4, -0.2) is 35.5 Å². The van der Waals surface area contributed by atoms with Crippen molar-refractivity contribution in [2.45, 2.75) is 57.0 Å². The van der Waals surface area contributed by atoms with Gasteiger partial charge in [-0.1, -0.05) is 18.2 Å². The number of piperidine rings is 3. The molecule has 0 radical (unpaired) electrons. The Hall–Kier alpha value is -1.39. The van der Waals surface area contributed by atoms with Gasteiger partial charge in [0.05, 0.1) is 4.88 Å². The molecule has 4 heterocycles. The zero-order chi connectivity index (χ0) is 17.2. The Balaban J connectivity index is 1.43. The van der Waals surface area contributed by atoms with E-state index in [1.165, 1.54) is 54.4 Å². The number of hydrogen-bond acceptors (Lipinski definition) is 3. The lowest BCUT2D eigenvalue weighted by Crippen LogP contribution is -2.69. The summed E-state index contributed by atoms with van der Waals surface area (Å²) >= 11 is 1.68. The van der Waals surface area contributed by atoms with Crippen LogP contribution in [0.15, 0.2) is 24.3 Å². The molecule has 1 saturated carbocycles. The van der Waals surface area contributed by atoms with Crippen LogP contribution in [0.1, 0.15) is 60.7 Å². The van der Waals surface area contributed by atoms with Crippen molar-refractivity contribution < 1.29 is 4.79 Å². The van der Waals surface area contributed by atoms with E-state index in [0.29, 0.717) is 5.92 Å². The second kappa shape index (κ2) is 5.55. The number of hydrogen-bond donors (Lipinski definition) is 1. The highest BCUT2D eigenvalue weighted by Gasteiger charge is 2.48. The van der Waals surface area contributed by atoms with Crippen LogP contribution in [0.5, 0.6) is 0 Å². The summed E-state index contributed by atoms with van der Waals surface area (Å²) in [6, 6.07) is 8.88. The van der Waals surface area contributed by atoms with E-state index in [1.807, 2.05) is 0 Å². The zero-order valence-corrected chi connectivity index (χ0v) is 15.9. The van der Waals surface area contributed by atoms with Crippen LogP contribution in [0.4, 0.5) is 0 Å². The second-order valence-corrected chi connectivity index (χ2v) is 9.63. The molecule has 132 valence electrons. The van der Waals surface area contributed by atoms with Crippen LogP contribution < -0.4 is 5.32 Å². The third kappa shape index (κ3) is 2.53. The zero-order valence-electron chi connectivity index (χ0n) is 15.0. The number of amides is 1. The van der Waals surface area contributed by atoms with Crippen molar-refractivity contribution in [3.8, 4) is 0 Å². The number of thiophene rings is 1. The van der Waals surface area contributed by atoms with Gasteiger partial charge >= 0.3 is 0 Å². The van der Waals surface area contributed by atoms with Gasteiger partial charge < -0.3 is 5.32 Å². The number of benzene rings is 1. The van der Waals surface area contributed by atoms with Gasteiger partial charge in [-0.25, -0.2) is 0 Å². The molecule has 6 rings (SSSR count). The van der Waals surface area contributed by atoms with Crippen LogP contribution in [0.25, 0.3) is 10.1 Å². The maximum absolute atomic E-state index is 13.0. The lowest BCUT2D eigenvalue weighted by molar-refractivity contribution is -0.0377. The van der Waals surface area contributed by atoms with E-state index in [2.05, 4.69) is 48.3 Å². The van der Waals surface area contributed by atoms with E-state index in [-0.39, 0.29) is 17.5 Å². The molecule has 2 bridgehead atoms. The van der Waals surface area contributed by atoms with Crippen molar-refractivity contribution >= 4 is 27.3 Å². The Morgan fingerprint density at radius 2 is 1.96 bits per heavy atom. The minimum Gasteiger partial charge on any atom is -0.346 e. The van der Waals surface area contributed by atoms with Gasteiger partial charge in [-0.15, -0.1) is 11.3 Å². The number of carbonyl (C=O) groups excluding carboxylic acids is 1. The third-order valence-corrected chi connectivity index (χ3v) is 7.89. The number of rotatable bonds is 3. The Bertz CT molecular complexity index is 828. The minimum atomic E-state index is 0.0622. The van der Waals surface area contributed by atoms with E-state index >= 15 is 0 Å². The van der Waals surface area contributed by atoms with Gasteiger partial charge in [-0.05, 0) is 81.5 Å². The molecule has 4 aliphatic rings. The van der Waals surface area contributed by atoms with E-state index in [9.17, 15) is 4.79 Å². The van der Waals surface area contributed by atoms with E-state index in [1.54, 1.807) is 11.3 Å². The summed E-state index contributed by atoms with van der Waals surface area (Å²) in [4.78, 5) is 16.4. The summed E-state index contributed by atoms with van der Waals surface area (Å²) in [7, 11) is 0. The molecule has 1 aromatic heterocycles. The largest absolute Gasteiger partial charge is 0.346 e. The summed E-state index contributed by atoms with van der Waals surface area (Å²) in [5.41, 5.74) is 1.51. The molecular formula is C21H26N2OS. The first kappa shape index (κ1) is 15.8. The van der Waals surface area contributed by atoms with Crippen LogP contribution in [-0.2, 0) is 0 Å². The molecule has 1 amide bonds. The van der Waals surface area contributed by atoms with Gasteiger partial charge in [0.15, 0.2) is 0 Å². The van der Waals surface area contributed by atoms with Crippen LogP contribution in [0.2, 0.25) is 0 Å². The van der Waals surface area contributed by atoms with Gasteiger partial charge in [-0.3, -0.25) is 9.69 Å². The molecule has 0 unspecified atom stereocenters. The fraction of sp³-hybridized carbons (Fsp3) is 0.571. The number of fused-ring (bicyclic) bond motifs is 4. The van der Waals surface area contributed by atoms with E-state index in [0.717, 1.165) is 10.8 Å². The number of nitrogens with one attached hydrogen (secondary N) is 1. The molecule has 4 heteroatoms. The quantitative estimate of drug-likeness (QED) is 0.887. The van der Waals surface area contributed by atoms with Crippen molar-refractivity contribution in [3.05, 3.63) is 34.7 Å². The first-order chi connectivity index (χ1) is 12.0. The van der Waals surface area contributed by atoms with Crippen molar-refractivity contribution in [2.24, 2.45) is 5.92 Å². The molecule has 1 aromatic carbocycles. The van der Waals surface area contributed by atoms with Crippen LogP contribution in [0.3, 0.4) is 0 Å². The highest BCUT2D eigenvalue weighted by molar-refractivity contribution is 7.21. The standard InChI is InChI=1S/C21H26N2OS/c1-21(2)19(14-8-10-23(21)11-9-14)22-20(24)17-12-15-4-3-5-16(13-6-7-13)18(15)25-17/h3-5,12-14,19H,6-11H2,1-2H3,(H,22,24)/t19-/m1/s1. The average Bonchev–Trinajstić information content (AvgIpc) is 3.35. The molecule has 1 atom stereocenters. The summed E-state index contributed by atoms with van der Waals surface area (Å²) < 4.78 is 1.32. The van der Waals surface area contributed by atoms with Gasteiger partial charge in [0.1, 0.15) is 0 Å². The van der Waals surface area contributed by atoms with E-state index < -0.39 is 0 Å². The molecule has 2 aromatic rings. The molecule has 1 N–H and O–H groups in total. The Labute approximate surface area is 153 Å². The van der Waals surface area contributed by atoms with Crippen LogP contribution in [0, 0.1) is 5.92 Å². The lowest BCUT2D eigenvalue weighted by Gasteiger charge is -2.56. The summed E-state index contributed by atoms with van der Waals surface area (Å²) in [6.07, 6.45) is 5.03. The first-order valence-corrected chi connectivity index (χ1v) is 10.4. The SMILES string of the molecule is CC1(C)[C@H](NC(=O)c2cc3cccc(C4CC4)c3s2)C2CCN1CC2. The summed E-state index contributed by atoms with van der Waals surface area (Å²) in [5.74, 6) is 1.47. The number of carbonyl (C=O) groups is 1. The lowest BCUT2D eigenvalue weighted by atomic mass is 9.72. The maximum atomic E-state index is 13.0. The third-order valence-electron chi connectivity index (χ3n) is 6.69. The van der Waals surface area contributed by atoms with Gasteiger partial charge in [0.25, 0.3) is 5.91 Å². The van der Waals surface area contributed by atoms with Crippen molar-refractivity contribution in [1.82, 2.24) is 10.2 Å². The van der Waals surface area contributed by atoms with Gasteiger partial charge in [0.2, 0.25) is 0 Å².